The summed E-state index contributed by atoms with van der Waals surface area (Å²) in [5, 5.41) is 33.3. The van der Waals surface area contributed by atoms with Crippen LogP contribution < -0.4 is 0 Å². The number of likely N-dealkylation sites (tertiary alicyclic amines) is 1. The minimum Gasteiger partial charge on any atom is -0.462 e. The third-order valence-electron chi connectivity index (χ3n) is 13.3. The minimum absolute atomic E-state index is 0.00667. The lowest BCUT2D eigenvalue weighted by Gasteiger charge is -2.46. The van der Waals surface area contributed by atoms with Crippen LogP contribution in [0.15, 0.2) is 23.8 Å². The van der Waals surface area contributed by atoms with Gasteiger partial charge in [0.25, 0.3) is 0 Å². The molecular weight excluding hydrogens is 773 g/mol. The molecule has 0 bridgehead atoms. The summed E-state index contributed by atoms with van der Waals surface area (Å²) in [7, 11) is 6.65. The Kier molecular flexibility index (Phi) is 20.1. The number of cyclic esters (lactones) is 1. The number of likely N-dealkylation sites (N-methyl/N-ethyl adjacent to an activating group) is 1. The van der Waals surface area contributed by atoms with Crippen molar-refractivity contribution in [2.24, 2.45) is 35.5 Å². The molecule has 14 nitrogen and oxygen atoms in total. The Balaban J connectivity index is 1.65. The standard InChI is InChI=1S/C46H80N2O12/c1-13-36-34(25-56-46-44(55-12)43(54-11)40(52)32(8)58-46)21-26(2)14-16-35(49)30(6)22-33(18-19-48-23-27(3)20-28(4)24-48)42(29(5)15-17-37(50)59-36)60-45-41(53)38(47(9)10)39(51)31(7)57-45/h14,16,21,27-34,36,38-46,51-53H,13,15,17-20,22-25H2,1-12H3/b16-14+,26-21+/t27?,28?,29-,30+,31+,32?,33-,34+,36+,38?,39+,40+,41?,42+,43-,44?,45-,46+/m0/s1. The first-order chi connectivity index (χ1) is 28.4. The van der Waals surface area contributed by atoms with Crippen LogP contribution in [-0.2, 0) is 42.7 Å². The molecule has 6 unspecified atom stereocenters. The van der Waals surface area contributed by atoms with Gasteiger partial charge < -0.3 is 58.3 Å². The summed E-state index contributed by atoms with van der Waals surface area (Å²) < 4.78 is 42.9. The van der Waals surface area contributed by atoms with E-state index >= 15 is 0 Å². The summed E-state index contributed by atoms with van der Waals surface area (Å²) in [5.41, 5.74) is 0.812. The van der Waals surface area contributed by atoms with Crippen LogP contribution >= 0.6 is 0 Å². The van der Waals surface area contributed by atoms with Crippen molar-refractivity contribution in [1.82, 2.24) is 9.80 Å². The monoisotopic (exact) mass is 853 g/mol. The van der Waals surface area contributed by atoms with Gasteiger partial charge in [0.2, 0.25) is 0 Å². The molecule has 3 saturated heterocycles. The van der Waals surface area contributed by atoms with E-state index in [0.29, 0.717) is 31.1 Å². The van der Waals surface area contributed by atoms with Crippen LogP contribution in [0.1, 0.15) is 93.9 Å². The van der Waals surface area contributed by atoms with Crippen LogP contribution in [0.5, 0.6) is 0 Å². The third-order valence-corrected chi connectivity index (χ3v) is 13.3. The van der Waals surface area contributed by atoms with Gasteiger partial charge in [0.15, 0.2) is 18.4 Å². The molecule has 14 heteroatoms. The van der Waals surface area contributed by atoms with Gasteiger partial charge in [0.05, 0.1) is 37.1 Å². The molecule has 0 aromatic carbocycles. The molecule has 0 aliphatic carbocycles. The van der Waals surface area contributed by atoms with E-state index < -0.39 is 79.5 Å². The fourth-order valence-corrected chi connectivity index (χ4v) is 10.0. The van der Waals surface area contributed by atoms with Crippen LogP contribution in [0.25, 0.3) is 0 Å². The number of ketones is 1. The number of aliphatic hydroxyl groups excluding tert-OH is 3. The number of nitrogens with zero attached hydrogens (tertiary/aromatic N) is 2. The van der Waals surface area contributed by atoms with Gasteiger partial charge in [0.1, 0.15) is 30.5 Å². The Bertz CT molecular complexity index is 1390. The number of carbonyl (C=O) groups excluding carboxylic acids is 2. The van der Waals surface area contributed by atoms with E-state index in [2.05, 4.69) is 25.7 Å². The van der Waals surface area contributed by atoms with Crippen LogP contribution in [-0.4, -0.2) is 165 Å². The molecule has 60 heavy (non-hydrogen) atoms. The van der Waals surface area contributed by atoms with Crippen molar-refractivity contribution in [3.05, 3.63) is 23.8 Å². The van der Waals surface area contributed by atoms with E-state index in [1.165, 1.54) is 20.6 Å². The maximum absolute atomic E-state index is 14.0. The average Bonchev–Trinajstić information content (AvgIpc) is 3.19. The number of ether oxygens (including phenoxy) is 7. The molecule has 0 aromatic rings. The smallest absolute Gasteiger partial charge is 0.306 e. The third kappa shape index (κ3) is 13.6. The summed E-state index contributed by atoms with van der Waals surface area (Å²) >= 11 is 0. The highest BCUT2D eigenvalue weighted by atomic mass is 16.7. The van der Waals surface area contributed by atoms with Crippen molar-refractivity contribution < 1.29 is 58.1 Å². The van der Waals surface area contributed by atoms with Gasteiger partial charge >= 0.3 is 5.97 Å². The molecule has 4 aliphatic heterocycles. The van der Waals surface area contributed by atoms with E-state index in [1.807, 2.05) is 47.0 Å². The summed E-state index contributed by atoms with van der Waals surface area (Å²) in [5.74, 6) is -0.219. The zero-order valence-corrected chi connectivity index (χ0v) is 38.6. The second kappa shape index (κ2) is 23.7. The van der Waals surface area contributed by atoms with E-state index in [1.54, 1.807) is 24.8 Å². The van der Waals surface area contributed by atoms with Gasteiger partial charge in [-0.25, -0.2) is 0 Å². The van der Waals surface area contributed by atoms with E-state index in [9.17, 15) is 24.9 Å². The second-order valence-corrected chi connectivity index (χ2v) is 18.8. The lowest BCUT2D eigenvalue weighted by molar-refractivity contribution is -0.304. The molecule has 346 valence electrons. The first-order valence-electron chi connectivity index (χ1n) is 22.5. The van der Waals surface area contributed by atoms with E-state index in [-0.39, 0.29) is 42.5 Å². The highest BCUT2D eigenvalue weighted by Crippen LogP contribution is 2.36. The highest BCUT2D eigenvalue weighted by molar-refractivity contribution is 5.91. The van der Waals surface area contributed by atoms with Crippen molar-refractivity contribution in [3.8, 4) is 0 Å². The summed E-state index contributed by atoms with van der Waals surface area (Å²) in [6, 6.07) is -0.615. The molecule has 4 aliphatic rings. The molecule has 3 N–H and O–H groups in total. The van der Waals surface area contributed by atoms with Crippen molar-refractivity contribution in [2.75, 3.05) is 54.6 Å². The summed E-state index contributed by atoms with van der Waals surface area (Å²) in [6.45, 7) is 19.0. The van der Waals surface area contributed by atoms with Gasteiger partial charge in [-0.1, -0.05) is 52.3 Å². The Morgan fingerprint density at radius 3 is 2.08 bits per heavy atom. The van der Waals surface area contributed by atoms with Crippen molar-refractivity contribution in [1.29, 1.82) is 0 Å². The maximum Gasteiger partial charge on any atom is 0.306 e. The normalized spacial score (nSPS) is 43.6. The second-order valence-electron chi connectivity index (χ2n) is 18.8. The Hall–Kier alpha value is -1.82. The fraction of sp³-hybridized carbons (Fsp3) is 0.870. The highest BCUT2D eigenvalue weighted by Gasteiger charge is 2.47. The van der Waals surface area contributed by atoms with E-state index in [4.69, 9.17) is 33.2 Å². The number of methoxy groups -OCH3 is 2. The first kappa shape index (κ1) is 50.8. The van der Waals surface area contributed by atoms with Crippen molar-refractivity contribution >= 4 is 11.8 Å². The SMILES string of the molecule is CC[C@H]1OC(=O)CC[C@H](C)[C@@H](O[C@@H]2O[C@H](C)[C@@H](O)C(N(C)C)C2O)[C@@H](CCN2CC(C)CC(C)C2)C[C@@H](C)C(=O)/C=C/C(C)=C/[C@@H]1CO[C@@H]1OC(C)[C@@H](O)[C@H](OC)C1OC. The van der Waals surface area contributed by atoms with Crippen LogP contribution in [0.4, 0.5) is 0 Å². The van der Waals surface area contributed by atoms with Gasteiger partial charge in [-0.3, -0.25) is 9.59 Å². The topological polar surface area (TPSA) is 166 Å². The molecular formula is C46H80N2O12. The number of allylic oxidation sites excluding steroid dienone is 3. The number of hydrogen-bond donors (Lipinski definition) is 3. The van der Waals surface area contributed by atoms with Crippen molar-refractivity contribution in [2.45, 2.75) is 167 Å². The number of esters is 1. The fourth-order valence-electron chi connectivity index (χ4n) is 10.0. The maximum atomic E-state index is 14.0. The lowest BCUT2D eigenvalue weighted by atomic mass is 9.80. The predicted octanol–water partition coefficient (Wildman–Crippen LogP) is 4.37. The molecule has 0 spiro atoms. The Morgan fingerprint density at radius 2 is 1.47 bits per heavy atom. The van der Waals surface area contributed by atoms with Gasteiger partial charge in [-0.05, 0) is 103 Å². The summed E-state index contributed by atoms with van der Waals surface area (Å²) in [6.07, 6.45) is 0.564. The molecule has 0 saturated carbocycles. The van der Waals surface area contributed by atoms with Crippen LogP contribution in [0.3, 0.4) is 0 Å². The van der Waals surface area contributed by atoms with Crippen molar-refractivity contribution in [3.63, 3.8) is 0 Å². The zero-order valence-electron chi connectivity index (χ0n) is 38.6. The Morgan fingerprint density at radius 1 is 0.833 bits per heavy atom. The molecule has 0 amide bonds. The lowest BCUT2D eigenvalue weighted by Crippen LogP contribution is -2.63. The first-order valence-corrected chi connectivity index (χ1v) is 22.5. The number of hydrogen-bond acceptors (Lipinski definition) is 14. The number of piperidine rings is 1. The number of aliphatic hydroxyl groups is 3. The van der Waals surface area contributed by atoms with Gasteiger partial charge in [0, 0.05) is 45.6 Å². The van der Waals surface area contributed by atoms with Crippen LogP contribution in [0.2, 0.25) is 0 Å². The predicted molar refractivity (Wildman–Crippen MR) is 228 cm³/mol. The molecule has 3 fully saturated rings. The largest absolute Gasteiger partial charge is 0.462 e. The molecule has 0 aromatic heterocycles. The van der Waals surface area contributed by atoms with Gasteiger partial charge in [-0.15, -0.1) is 0 Å². The molecule has 4 rings (SSSR count). The Labute approximate surface area is 360 Å². The number of rotatable bonds is 12. The minimum atomic E-state index is -1.14. The summed E-state index contributed by atoms with van der Waals surface area (Å²) in [4.78, 5) is 32.1. The van der Waals surface area contributed by atoms with Crippen LogP contribution in [0, 0.1) is 35.5 Å². The zero-order chi connectivity index (χ0) is 44.4. The van der Waals surface area contributed by atoms with E-state index in [0.717, 1.165) is 31.6 Å². The molecule has 4 heterocycles. The average molecular weight is 853 g/mol. The molecule has 0 radical (unpaired) electrons. The number of carbonyl (C=O) groups is 2. The molecule has 18 atom stereocenters. The quantitative estimate of drug-likeness (QED) is 0.237. The van der Waals surface area contributed by atoms with Gasteiger partial charge in [-0.2, -0.15) is 0 Å².